The van der Waals surface area contributed by atoms with Crippen LogP contribution in [0.3, 0.4) is 0 Å². The van der Waals surface area contributed by atoms with E-state index in [1.54, 1.807) is 30.3 Å². The second kappa shape index (κ2) is 8.67. The van der Waals surface area contributed by atoms with Crippen LogP contribution in [0.2, 0.25) is 0 Å². The van der Waals surface area contributed by atoms with Crippen molar-refractivity contribution in [1.29, 1.82) is 0 Å². The number of rotatable bonds is 5. The fourth-order valence-corrected chi connectivity index (χ4v) is 4.51. The molecule has 5 rings (SSSR count). The van der Waals surface area contributed by atoms with Crippen molar-refractivity contribution in [2.24, 2.45) is 0 Å². The van der Waals surface area contributed by atoms with E-state index < -0.39 is 0 Å². The lowest BCUT2D eigenvalue weighted by Crippen LogP contribution is -2.31. The van der Waals surface area contributed by atoms with Crippen LogP contribution >= 0.6 is 0 Å². The van der Waals surface area contributed by atoms with Gasteiger partial charge in [0.15, 0.2) is 0 Å². The minimum absolute atomic E-state index is 0.234. The van der Waals surface area contributed by atoms with E-state index in [1.165, 1.54) is 30.3 Å². The zero-order chi connectivity index (χ0) is 22.1. The van der Waals surface area contributed by atoms with Gasteiger partial charge in [-0.3, -0.25) is 4.90 Å². The Morgan fingerprint density at radius 1 is 0.812 bits per heavy atom. The van der Waals surface area contributed by atoms with Crippen LogP contribution in [0.1, 0.15) is 23.2 Å². The minimum Gasteiger partial charge on any atom is -0.313 e. The van der Waals surface area contributed by atoms with Crippen LogP contribution in [0.15, 0.2) is 72.8 Å². The smallest absolute Gasteiger partial charge is 0.123 e. The molecular weight excluding hydrogens is 409 g/mol. The number of fused-ring (bicyclic) bond motifs is 3. The van der Waals surface area contributed by atoms with Crippen LogP contribution in [0.4, 0.5) is 13.2 Å². The van der Waals surface area contributed by atoms with Crippen molar-refractivity contribution in [3.05, 3.63) is 107 Å². The van der Waals surface area contributed by atoms with Gasteiger partial charge in [-0.2, -0.15) is 0 Å². The predicted molar refractivity (Wildman–Crippen MR) is 122 cm³/mol. The second-order valence-corrected chi connectivity index (χ2v) is 8.17. The van der Waals surface area contributed by atoms with Gasteiger partial charge in [0.25, 0.3) is 0 Å². The first-order valence-corrected chi connectivity index (χ1v) is 10.8. The average Bonchev–Trinajstić information content (AvgIpc) is 3.11. The highest BCUT2D eigenvalue weighted by molar-refractivity contribution is 5.87. The van der Waals surface area contributed by atoms with Gasteiger partial charge in [-0.15, -0.1) is 0 Å². The summed E-state index contributed by atoms with van der Waals surface area (Å²) in [5.41, 5.74) is 5.11. The lowest BCUT2D eigenvalue weighted by molar-refractivity contribution is 0.258. The van der Waals surface area contributed by atoms with E-state index in [0.29, 0.717) is 0 Å². The largest absolute Gasteiger partial charge is 0.313 e. The van der Waals surface area contributed by atoms with Crippen molar-refractivity contribution in [2.45, 2.75) is 19.4 Å². The lowest BCUT2D eigenvalue weighted by Gasteiger charge is -2.27. The highest BCUT2D eigenvalue weighted by Crippen LogP contribution is 2.34. The van der Waals surface area contributed by atoms with E-state index >= 15 is 0 Å². The fourth-order valence-electron chi connectivity index (χ4n) is 4.51. The van der Waals surface area contributed by atoms with Crippen molar-refractivity contribution < 1.29 is 13.2 Å². The minimum atomic E-state index is -0.273. The molecule has 1 aromatic heterocycles. The molecule has 2 nitrogen and oxygen atoms in total. The third kappa shape index (κ3) is 4.08. The Hall–Kier alpha value is -3.31. The molecule has 1 aliphatic heterocycles. The van der Waals surface area contributed by atoms with Crippen LogP contribution < -0.4 is 0 Å². The lowest BCUT2D eigenvalue weighted by atomic mass is 10.0. The first-order valence-electron chi connectivity index (χ1n) is 10.8. The third-order valence-corrected chi connectivity index (χ3v) is 6.07. The standard InChI is InChI=1S/C27H23F3N2/c28-20-6-4-19(5-7-20)3-1-2-15-31-16-14-27-25(18-31)24-17-22(30)10-13-26(24)32(27)23-11-8-21(29)9-12-23/h1,3-13,17H,2,14-16,18H2/b3-1+. The maximum atomic E-state index is 14.1. The normalized spacial score (nSPS) is 14.3. The number of nitrogens with zero attached hydrogens (tertiary/aromatic N) is 2. The Kier molecular flexibility index (Phi) is 5.58. The summed E-state index contributed by atoms with van der Waals surface area (Å²) in [4.78, 5) is 2.37. The monoisotopic (exact) mass is 432 g/mol. The van der Waals surface area contributed by atoms with Crippen LogP contribution in [-0.4, -0.2) is 22.6 Å². The first-order chi connectivity index (χ1) is 15.6. The third-order valence-electron chi connectivity index (χ3n) is 6.07. The zero-order valence-electron chi connectivity index (χ0n) is 17.6. The van der Waals surface area contributed by atoms with Gasteiger partial charge in [-0.25, -0.2) is 13.2 Å². The van der Waals surface area contributed by atoms with E-state index in [4.69, 9.17) is 0 Å². The molecule has 0 spiro atoms. The van der Waals surface area contributed by atoms with Crippen LogP contribution in [0.5, 0.6) is 0 Å². The Labute approximate surface area is 185 Å². The molecule has 0 atom stereocenters. The molecule has 0 unspecified atom stereocenters. The Balaban J connectivity index is 1.38. The molecule has 0 fully saturated rings. The molecule has 0 saturated heterocycles. The molecule has 5 heteroatoms. The predicted octanol–water partition coefficient (Wildman–Crippen LogP) is 6.51. The van der Waals surface area contributed by atoms with Gasteiger partial charge in [-0.1, -0.05) is 24.3 Å². The molecule has 0 bridgehead atoms. The van der Waals surface area contributed by atoms with Gasteiger partial charge in [0.05, 0.1) is 5.52 Å². The second-order valence-electron chi connectivity index (χ2n) is 8.17. The molecule has 2 heterocycles. The topological polar surface area (TPSA) is 8.17 Å². The molecule has 1 aliphatic rings. The highest BCUT2D eigenvalue weighted by Gasteiger charge is 2.24. The summed E-state index contributed by atoms with van der Waals surface area (Å²) in [6.07, 6.45) is 5.82. The summed E-state index contributed by atoms with van der Waals surface area (Å²) in [6.45, 7) is 2.53. The summed E-state index contributed by atoms with van der Waals surface area (Å²) in [7, 11) is 0. The van der Waals surface area contributed by atoms with Gasteiger partial charge in [0.2, 0.25) is 0 Å². The summed E-state index contributed by atoms with van der Waals surface area (Å²) in [6, 6.07) is 17.8. The molecule has 3 aromatic carbocycles. The van der Waals surface area contributed by atoms with Crippen LogP contribution in [0.25, 0.3) is 22.7 Å². The van der Waals surface area contributed by atoms with Crippen molar-refractivity contribution in [3.63, 3.8) is 0 Å². The number of benzene rings is 3. The van der Waals surface area contributed by atoms with Gasteiger partial charge < -0.3 is 4.57 Å². The van der Waals surface area contributed by atoms with Crippen molar-refractivity contribution in [3.8, 4) is 5.69 Å². The quantitative estimate of drug-likeness (QED) is 0.349. The zero-order valence-corrected chi connectivity index (χ0v) is 17.6. The molecule has 32 heavy (non-hydrogen) atoms. The number of halogens is 3. The molecule has 0 N–H and O–H groups in total. The number of hydrogen-bond donors (Lipinski definition) is 0. The summed E-state index contributed by atoms with van der Waals surface area (Å²) >= 11 is 0. The first kappa shape index (κ1) is 20.6. The van der Waals surface area contributed by atoms with Crippen molar-refractivity contribution in [2.75, 3.05) is 13.1 Å². The average molecular weight is 432 g/mol. The molecule has 0 amide bonds. The van der Waals surface area contributed by atoms with E-state index in [0.717, 1.165) is 65.9 Å². The molecule has 4 aromatic rings. The summed E-state index contributed by atoms with van der Waals surface area (Å²) in [5, 5.41) is 0.913. The van der Waals surface area contributed by atoms with E-state index in [-0.39, 0.29) is 17.5 Å². The summed E-state index contributed by atoms with van der Waals surface area (Å²) in [5.74, 6) is -0.761. The molecule has 0 saturated carbocycles. The molecule has 162 valence electrons. The van der Waals surface area contributed by atoms with Gasteiger partial charge in [-0.05, 0) is 72.1 Å². The Bertz CT molecular complexity index is 1270. The van der Waals surface area contributed by atoms with E-state index in [1.807, 2.05) is 12.1 Å². The van der Waals surface area contributed by atoms with Crippen LogP contribution in [0, 0.1) is 17.5 Å². The Morgan fingerprint density at radius 3 is 2.25 bits per heavy atom. The molecule has 0 radical (unpaired) electrons. The van der Waals surface area contributed by atoms with E-state index in [9.17, 15) is 13.2 Å². The highest BCUT2D eigenvalue weighted by atomic mass is 19.1. The maximum absolute atomic E-state index is 14.1. The number of aromatic nitrogens is 1. The number of hydrogen-bond acceptors (Lipinski definition) is 1. The fraction of sp³-hybridized carbons (Fsp3) is 0.185. The summed E-state index contributed by atoms with van der Waals surface area (Å²) < 4.78 is 42.7. The van der Waals surface area contributed by atoms with E-state index in [2.05, 4.69) is 15.5 Å². The SMILES string of the molecule is Fc1ccc(/C=C/CCN2CCc3c(c4cc(F)ccc4n3-c3ccc(F)cc3)C2)cc1. The van der Waals surface area contributed by atoms with Crippen LogP contribution in [-0.2, 0) is 13.0 Å². The molecule has 0 aliphatic carbocycles. The van der Waals surface area contributed by atoms with Crippen molar-refractivity contribution in [1.82, 2.24) is 9.47 Å². The maximum Gasteiger partial charge on any atom is 0.123 e. The molecular formula is C27H23F3N2. The van der Waals surface area contributed by atoms with Gasteiger partial charge in [0.1, 0.15) is 17.5 Å². The van der Waals surface area contributed by atoms with Gasteiger partial charge >= 0.3 is 0 Å². The van der Waals surface area contributed by atoms with Gasteiger partial charge in [0, 0.05) is 42.8 Å². The Morgan fingerprint density at radius 2 is 1.50 bits per heavy atom. The van der Waals surface area contributed by atoms with Crippen molar-refractivity contribution >= 4 is 17.0 Å².